The lowest BCUT2D eigenvalue weighted by molar-refractivity contribution is 0.116. The summed E-state index contributed by atoms with van der Waals surface area (Å²) in [6, 6.07) is 19.2. The molecule has 30 heavy (non-hydrogen) atoms. The smallest absolute Gasteiger partial charge is 0.280 e. The quantitative estimate of drug-likeness (QED) is 0.434. The second kappa shape index (κ2) is 8.97. The number of ether oxygens (including phenoxy) is 2. The molecule has 4 aromatic rings. The molecule has 6 heteroatoms. The summed E-state index contributed by atoms with van der Waals surface area (Å²) in [6.45, 7) is 3.05. The molecule has 0 unspecified atom stereocenters. The zero-order valence-corrected chi connectivity index (χ0v) is 17.2. The molecule has 154 valence electrons. The maximum atomic E-state index is 13.4. The molecule has 0 saturated carbocycles. The molecule has 0 atom stereocenters. The Bertz CT molecular complexity index is 1180. The summed E-state index contributed by atoms with van der Waals surface area (Å²) < 4.78 is 12.6. The predicted molar refractivity (Wildman–Crippen MR) is 118 cm³/mol. The summed E-state index contributed by atoms with van der Waals surface area (Å²) >= 11 is 0. The van der Waals surface area contributed by atoms with Gasteiger partial charge in [0.25, 0.3) is 5.56 Å². The molecule has 6 nitrogen and oxygen atoms in total. The van der Waals surface area contributed by atoms with Crippen molar-refractivity contribution in [3.05, 3.63) is 76.7 Å². The topological polar surface area (TPSA) is 68.6 Å². The molecule has 0 aliphatic heterocycles. The van der Waals surface area contributed by atoms with E-state index in [-0.39, 0.29) is 5.56 Å². The van der Waals surface area contributed by atoms with Crippen molar-refractivity contribution in [2.75, 3.05) is 13.7 Å². The fourth-order valence-corrected chi connectivity index (χ4v) is 3.40. The Morgan fingerprint density at radius 3 is 2.50 bits per heavy atom. The third-order valence-corrected chi connectivity index (χ3v) is 5.03. The Balaban J connectivity index is 1.83. The first-order valence-corrected chi connectivity index (χ1v) is 10.1. The molecule has 1 N–H and O–H groups in total. The SMILES string of the molecule is CCCCOCc1nc2cc(-c3ccccc3)[nH]n2c(=O)c1-c1ccc(OC)cc1. The molecule has 0 aliphatic carbocycles. The second-order valence-electron chi connectivity index (χ2n) is 7.10. The molecule has 2 heterocycles. The van der Waals surface area contributed by atoms with Gasteiger partial charge in [0.2, 0.25) is 0 Å². The summed E-state index contributed by atoms with van der Waals surface area (Å²) in [5.74, 6) is 0.736. The number of unbranched alkanes of at least 4 members (excludes halogenated alkanes) is 1. The van der Waals surface area contributed by atoms with Gasteiger partial charge < -0.3 is 9.47 Å². The molecule has 2 aromatic heterocycles. The maximum absolute atomic E-state index is 13.4. The number of hydrogen-bond acceptors (Lipinski definition) is 4. The van der Waals surface area contributed by atoms with Gasteiger partial charge in [0.1, 0.15) is 5.75 Å². The molecule has 0 aliphatic rings. The van der Waals surface area contributed by atoms with Crippen LogP contribution in [0, 0.1) is 0 Å². The summed E-state index contributed by atoms with van der Waals surface area (Å²) in [7, 11) is 1.62. The molecule has 0 amide bonds. The minimum absolute atomic E-state index is 0.151. The minimum atomic E-state index is -0.151. The first kappa shape index (κ1) is 19.9. The maximum Gasteiger partial charge on any atom is 0.280 e. The second-order valence-corrected chi connectivity index (χ2v) is 7.10. The van der Waals surface area contributed by atoms with Crippen molar-refractivity contribution in [3.8, 4) is 28.1 Å². The highest BCUT2D eigenvalue weighted by Gasteiger charge is 2.17. The van der Waals surface area contributed by atoms with Crippen LogP contribution in [0.25, 0.3) is 28.0 Å². The van der Waals surface area contributed by atoms with Crippen molar-refractivity contribution in [2.45, 2.75) is 26.4 Å². The van der Waals surface area contributed by atoms with Crippen LogP contribution in [0.4, 0.5) is 0 Å². The zero-order chi connectivity index (χ0) is 20.9. The van der Waals surface area contributed by atoms with Gasteiger partial charge in [-0.3, -0.25) is 9.89 Å². The third-order valence-electron chi connectivity index (χ3n) is 5.03. The standard InChI is InChI=1S/C24H25N3O3/c1-3-4-14-30-16-21-23(18-10-12-19(29-2)13-11-18)24(28)27-22(25-21)15-20(26-27)17-8-6-5-7-9-17/h5-13,15,26H,3-4,14,16H2,1-2H3. The highest BCUT2D eigenvalue weighted by Crippen LogP contribution is 2.25. The van der Waals surface area contributed by atoms with Crippen molar-refractivity contribution < 1.29 is 9.47 Å². The highest BCUT2D eigenvalue weighted by atomic mass is 16.5. The van der Waals surface area contributed by atoms with Gasteiger partial charge in [-0.05, 0) is 29.7 Å². The Hall–Kier alpha value is -3.38. The van der Waals surface area contributed by atoms with E-state index in [1.807, 2.05) is 60.7 Å². The number of aromatic amines is 1. The number of nitrogens with zero attached hydrogens (tertiary/aromatic N) is 2. The number of fused-ring (bicyclic) bond motifs is 1. The van der Waals surface area contributed by atoms with Crippen LogP contribution in [0.15, 0.2) is 65.5 Å². The van der Waals surface area contributed by atoms with Gasteiger partial charge in [-0.1, -0.05) is 55.8 Å². The Labute approximate surface area is 175 Å². The van der Waals surface area contributed by atoms with Gasteiger partial charge in [-0.2, -0.15) is 0 Å². The fraction of sp³-hybridized carbons (Fsp3) is 0.250. The average molecular weight is 403 g/mol. The van der Waals surface area contributed by atoms with E-state index in [1.165, 1.54) is 4.52 Å². The molecule has 0 bridgehead atoms. The van der Waals surface area contributed by atoms with Crippen LogP contribution in [-0.4, -0.2) is 28.3 Å². The first-order chi connectivity index (χ1) is 14.7. The first-order valence-electron chi connectivity index (χ1n) is 10.1. The van der Waals surface area contributed by atoms with Crippen LogP contribution in [0.2, 0.25) is 0 Å². The minimum Gasteiger partial charge on any atom is -0.497 e. The molecule has 0 spiro atoms. The van der Waals surface area contributed by atoms with E-state index >= 15 is 0 Å². The third kappa shape index (κ3) is 4.00. The van der Waals surface area contributed by atoms with Crippen molar-refractivity contribution >= 4 is 5.65 Å². The number of nitrogens with one attached hydrogen (secondary N) is 1. The van der Waals surface area contributed by atoms with Crippen LogP contribution in [0.5, 0.6) is 5.75 Å². The molecular formula is C24H25N3O3. The molecule has 0 saturated heterocycles. The van der Waals surface area contributed by atoms with Crippen molar-refractivity contribution in [1.82, 2.24) is 14.6 Å². The van der Waals surface area contributed by atoms with E-state index in [0.29, 0.717) is 30.1 Å². The van der Waals surface area contributed by atoms with E-state index in [9.17, 15) is 4.79 Å². The average Bonchev–Trinajstić information content (AvgIpc) is 3.22. The monoisotopic (exact) mass is 403 g/mol. The van der Waals surface area contributed by atoms with Gasteiger partial charge in [0.15, 0.2) is 5.65 Å². The number of methoxy groups -OCH3 is 1. The number of benzene rings is 2. The summed E-state index contributed by atoms with van der Waals surface area (Å²) in [6.07, 6.45) is 2.03. The molecule has 4 rings (SSSR count). The largest absolute Gasteiger partial charge is 0.497 e. The van der Waals surface area contributed by atoms with Gasteiger partial charge in [0.05, 0.1) is 30.7 Å². The lowest BCUT2D eigenvalue weighted by atomic mass is 10.1. The van der Waals surface area contributed by atoms with Gasteiger partial charge in [-0.15, -0.1) is 0 Å². The number of H-pyrrole nitrogens is 1. The van der Waals surface area contributed by atoms with Crippen molar-refractivity contribution in [3.63, 3.8) is 0 Å². The Kier molecular flexibility index (Phi) is 5.95. The number of rotatable bonds is 8. The number of hydrogen-bond donors (Lipinski definition) is 1. The highest BCUT2D eigenvalue weighted by molar-refractivity contribution is 5.69. The normalized spacial score (nSPS) is 11.1. The Morgan fingerprint density at radius 2 is 1.80 bits per heavy atom. The molecule has 0 radical (unpaired) electrons. The Morgan fingerprint density at radius 1 is 1.03 bits per heavy atom. The van der Waals surface area contributed by atoms with Crippen LogP contribution in [0.3, 0.4) is 0 Å². The van der Waals surface area contributed by atoms with Crippen LogP contribution >= 0.6 is 0 Å². The zero-order valence-electron chi connectivity index (χ0n) is 17.2. The van der Waals surface area contributed by atoms with Gasteiger partial charge in [-0.25, -0.2) is 9.50 Å². The van der Waals surface area contributed by atoms with E-state index in [0.717, 1.165) is 35.4 Å². The summed E-state index contributed by atoms with van der Waals surface area (Å²) in [5.41, 5.74) is 4.21. The van der Waals surface area contributed by atoms with Gasteiger partial charge in [0, 0.05) is 12.7 Å². The van der Waals surface area contributed by atoms with E-state index in [1.54, 1.807) is 7.11 Å². The molecule has 2 aromatic carbocycles. The van der Waals surface area contributed by atoms with Crippen LogP contribution in [0.1, 0.15) is 25.5 Å². The fourth-order valence-electron chi connectivity index (χ4n) is 3.40. The lowest BCUT2D eigenvalue weighted by Gasteiger charge is -2.10. The lowest BCUT2D eigenvalue weighted by Crippen LogP contribution is -2.20. The number of aromatic nitrogens is 3. The summed E-state index contributed by atoms with van der Waals surface area (Å²) in [5, 5.41) is 3.19. The van der Waals surface area contributed by atoms with Gasteiger partial charge >= 0.3 is 0 Å². The predicted octanol–water partition coefficient (Wildman–Crippen LogP) is 4.68. The molecular weight excluding hydrogens is 378 g/mol. The van der Waals surface area contributed by atoms with Crippen molar-refractivity contribution in [2.24, 2.45) is 0 Å². The van der Waals surface area contributed by atoms with E-state index in [2.05, 4.69) is 12.0 Å². The van der Waals surface area contributed by atoms with E-state index in [4.69, 9.17) is 14.5 Å². The summed E-state index contributed by atoms with van der Waals surface area (Å²) in [4.78, 5) is 18.2. The molecule has 0 fully saturated rings. The van der Waals surface area contributed by atoms with Crippen LogP contribution < -0.4 is 10.3 Å². The van der Waals surface area contributed by atoms with Crippen molar-refractivity contribution in [1.29, 1.82) is 0 Å². The van der Waals surface area contributed by atoms with E-state index < -0.39 is 0 Å². The van der Waals surface area contributed by atoms with Crippen LogP contribution in [-0.2, 0) is 11.3 Å².